The minimum absolute atomic E-state index is 0.405. The van der Waals surface area contributed by atoms with Crippen molar-refractivity contribution < 1.29 is 4.74 Å². The van der Waals surface area contributed by atoms with Gasteiger partial charge in [-0.2, -0.15) is 0 Å². The second-order valence-electron chi connectivity index (χ2n) is 4.37. The van der Waals surface area contributed by atoms with E-state index in [0.29, 0.717) is 6.10 Å². The number of nitrogens with zero attached hydrogens (tertiary/aromatic N) is 3. The average molecular weight is 221 g/mol. The van der Waals surface area contributed by atoms with Crippen LogP contribution in [0.3, 0.4) is 0 Å². The second kappa shape index (κ2) is 4.78. The quantitative estimate of drug-likeness (QED) is 0.762. The fourth-order valence-electron chi connectivity index (χ4n) is 2.14. The number of rotatable bonds is 2. The summed E-state index contributed by atoms with van der Waals surface area (Å²) in [6.07, 6.45) is 2.53. The summed E-state index contributed by atoms with van der Waals surface area (Å²) in [6.45, 7) is 6.00. The molecular weight excluding hydrogens is 202 g/mol. The van der Waals surface area contributed by atoms with E-state index < -0.39 is 0 Å². The van der Waals surface area contributed by atoms with Crippen molar-refractivity contribution >= 4 is 5.95 Å². The number of piperidine rings is 1. The molecule has 4 heteroatoms. The summed E-state index contributed by atoms with van der Waals surface area (Å²) < 4.78 is 5.36. The highest BCUT2D eigenvalue weighted by molar-refractivity contribution is 5.32. The number of methoxy groups -OCH3 is 1. The van der Waals surface area contributed by atoms with Crippen LogP contribution in [0.5, 0.6) is 0 Å². The van der Waals surface area contributed by atoms with Gasteiger partial charge in [-0.3, -0.25) is 0 Å². The van der Waals surface area contributed by atoms with Crippen molar-refractivity contribution in [3.63, 3.8) is 0 Å². The van der Waals surface area contributed by atoms with Gasteiger partial charge in [-0.1, -0.05) is 0 Å². The van der Waals surface area contributed by atoms with Crippen LogP contribution in [-0.2, 0) is 4.74 Å². The lowest BCUT2D eigenvalue weighted by molar-refractivity contribution is 0.0816. The van der Waals surface area contributed by atoms with Crippen LogP contribution in [0, 0.1) is 13.8 Å². The number of aromatic nitrogens is 2. The Morgan fingerprint density at radius 1 is 1.19 bits per heavy atom. The lowest BCUT2D eigenvalue weighted by Crippen LogP contribution is -2.37. The van der Waals surface area contributed by atoms with Gasteiger partial charge in [0, 0.05) is 31.6 Å². The number of hydrogen-bond donors (Lipinski definition) is 0. The predicted molar refractivity (Wildman–Crippen MR) is 63.8 cm³/mol. The van der Waals surface area contributed by atoms with Crippen molar-refractivity contribution in [2.24, 2.45) is 0 Å². The van der Waals surface area contributed by atoms with Gasteiger partial charge in [0.25, 0.3) is 0 Å². The Hall–Kier alpha value is -1.16. The van der Waals surface area contributed by atoms with Crippen LogP contribution < -0.4 is 4.90 Å². The molecule has 0 atom stereocenters. The summed E-state index contributed by atoms with van der Waals surface area (Å²) in [5.74, 6) is 0.868. The molecule has 0 saturated carbocycles. The molecule has 0 N–H and O–H groups in total. The summed E-state index contributed by atoms with van der Waals surface area (Å²) in [6, 6.07) is 2.01. The SMILES string of the molecule is COC1CCN(c2nc(C)cc(C)n2)CC1. The van der Waals surface area contributed by atoms with Gasteiger partial charge in [0.05, 0.1) is 6.10 Å². The van der Waals surface area contributed by atoms with E-state index in [0.717, 1.165) is 43.3 Å². The van der Waals surface area contributed by atoms with E-state index in [1.807, 2.05) is 19.9 Å². The fraction of sp³-hybridized carbons (Fsp3) is 0.667. The maximum absolute atomic E-state index is 5.36. The molecule has 0 amide bonds. The zero-order valence-electron chi connectivity index (χ0n) is 10.2. The van der Waals surface area contributed by atoms with Crippen molar-refractivity contribution in [2.75, 3.05) is 25.1 Å². The van der Waals surface area contributed by atoms with Crippen LogP contribution in [0.15, 0.2) is 6.07 Å². The van der Waals surface area contributed by atoms with Crippen LogP contribution in [0.4, 0.5) is 5.95 Å². The molecule has 1 aliphatic heterocycles. The summed E-state index contributed by atoms with van der Waals surface area (Å²) in [7, 11) is 1.79. The monoisotopic (exact) mass is 221 g/mol. The fourth-order valence-corrected chi connectivity index (χ4v) is 2.14. The Morgan fingerprint density at radius 3 is 2.25 bits per heavy atom. The summed E-state index contributed by atoms with van der Waals surface area (Å²) in [5, 5.41) is 0. The van der Waals surface area contributed by atoms with E-state index in [-0.39, 0.29) is 0 Å². The van der Waals surface area contributed by atoms with Crippen LogP contribution >= 0.6 is 0 Å². The molecule has 4 nitrogen and oxygen atoms in total. The predicted octanol–water partition coefficient (Wildman–Crippen LogP) is 1.71. The lowest BCUT2D eigenvalue weighted by atomic mass is 10.1. The van der Waals surface area contributed by atoms with E-state index in [4.69, 9.17) is 4.74 Å². The maximum atomic E-state index is 5.36. The third-order valence-electron chi connectivity index (χ3n) is 3.03. The Balaban J connectivity index is 2.08. The van der Waals surface area contributed by atoms with Gasteiger partial charge >= 0.3 is 0 Å². The minimum atomic E-state index is 0.405. The molecule has 0 bridgehead atoms. The van der Waals surface area contributed by atoms with E-state index in [1.165, 1.54) is 0 Å². The van der Waals surface area contributed by atoms with Crippen molar-refractivity contribution in [3.05, 3.63) is 17.5 Å². The Labute approximate surface area is 96.7 Å². The molecular formula is C12H19N3O. The van der Waals surface area contributed by atoms with Crippen LogP contribution in [0.2, 0.25) is 0 Å². The highest BCUT2D eigenvalue weighted by Crippen LogP contribution is 2.18. The first-order valence-corrected chi connectivity index (χ1v) is 5.79. The van der Waals surface area contributed by atoms with Crippen LogP contribution in [-0.4, -0.2) is 36.3 Å². The summed E-state index contributed by atoms with van der Waals surface area (Å²) >= 11 is 0. The van der Waals surface area contributed by atoms with Gasteiger partial charge in [0.15, 0.2) is 0 Å². The summed E-state index contributed by atoms with van der Waals surface area (Å²) in [4.78, 5) is 11.2. The number of aryl methyl sites for hydroxylation is 2. The smallest absolute Gasteiger partial charge is 0.225 e. The van der Waals surface area contributed by atoms with Crippen LogP contribution in [0.25, 0.3) is 0 Å². The van der Waals surface area contributed by atoms with Crippen molar-refractivity contribution in [3.8, 4) is 0 Å². The lowest BCUT2D eigenvalue weighted by Gasteiger charge is -2.31. The molecule has 1 fully saturated rings. The van der Waals surface area contributed by atoms with Gasteiger partial charge in [-0.25, -0.2) is 9.97 Å². The minimum Gasteiger partial charge on any atom is -0.381 e. The molecule has 0 aromatic carbocycles. The van der Waals surface area contributed by atoms with Gasteiger partial charge in [-0.05, 0) is 32.8 Å². The van der Waals surface area contributed by atoms with Crippen molar-refractivity contribution in [1.29, 1.82) is 0 Å². The number of hydrogen-bond acceptors (Lipinski definition) is 4. The molecule has 88 valence electrons. The highest BCUT2D eigenvalue weighted by Gasteiger charge is 2.20. The third kappa shape index (κ3) is 2.50. The van der Waals surface area contributed by atoms with Crippen molar-refractivity contribution in [1.82, 2.24) is 9.97 Å². The topological polar surface area (TPSA) is 38.2 Å². The molecule has 1 aromatic rings. The normalized spacial score (nSPS) is 17.8. The molecule has 2 rings (SSSR count). The number of ether oxygens (including phenoxy) is 1. The Morgan fingerprint density at radius 2 is 1.75 bits per heavy atom. The zero-order valence-corrected chi connectivity index (χ0v) is 10.2. The maximum Gasteiger partial charge on any atom is 0.225 e. The van der Waals surface area contributed by atoms with E-state index in [2.05, 4.69) is 14.9 Å². The Kier molecular flexibility index (Phi) is 3.39. The molecule has 1 saturated heterocycles. The van der Waals surface area contributed by atoms with E-state index in [1.54, 1.807) is 7.11 Å². The highest BCUT2D eigenvalue weighted by atomic mass is 16.5. The van der Waals surface area contributed by atoms with Gasteiger partial charge in [-0.15, -0.1) is 0 Å². The molecule has 0 spiro atoms. The average Bonchev–Trinajstić information content (AvgIpc) is 2.28. The molecule has 1 aromatic heterocycles. The van der Waals surface area contributed by atoms with Crippen molar-refractivity contribution in [2.45, 2.75) is 32.8 Å². The van der Waals surface area contributed by atoms with Gasteiger partial charge < -0.3 is 9.64 Å². The van der Waals surface area contributed by atoms with Gasteiger partial charge in [0.1, 0.15) is 0 Å². The zero-order chi connectivity index (χ0) is 11.5. The van der Waals surface area contributed by atoms with Crippen LogP contribution in [0.1, 0.15) is 24.2 Å². The van der Waals surface area contributed by atoms with Gasteiger partial charge in [0.2, 0.25) is 5.95 Å². The molecule has 1 aliphatic rings. The molecule has 0 radical (unpaired) electrons. The first kappa shape index (κ1) is 11.3. The number of anilines is 1. The summed E-state index contributed by atoms with van der Waals surface area (Å²) in [5.41, 5.74) is 2.08. The molecule has 2 heterocycles. The standard InChI is InChI=1S/C12H19N3O/c1-9-8-10(2)14-12(13-9)15-6-4-11(16-3)5-7-15/h8,11H,4-7H2,1-3H3. The first-order chi connectivity index (χ1) is 7.69. The molecule has 0 unspecified atom stereocenters. The van der Waals surface area contributed by atoms with E-state index >= 15 is 0 Å². The second-order valence-corrected chi connectivity index (χ2v) is 4.37. The Bertz CT molecular complexity index is 339. The first-order valence-electron chi connectivity index (χ1n) is 5.79. The molecule has 16 heavy (non-hydrogen) atoms. The third-order valence-corrected chi connectivity index (χ3v) is 3.03. The largest absolute Gasteiger partial charge is 0.381 e. The van der Waals surface area contributed by atoms with E-state index in [9.17, 15) is 0 Å². The molecule has 0 aliphatic carbocycles.